The fraction of sp³-hybridized carbons (Fsp3) is 1.00. The minimum atomic E-state index is -3.17. The zero-order valence-electron chi connectivity index (χ0n) is 14.1. The summed E-state index contributed by atoms with van der Waals surface area (Å²) in [6.45, 7) is 11.5. The topological polar surface area (TPSA) is 74.9 Å². The predicted octanol–water partition coefficient (Wildman–Crippen LogP) is 1.03. The third-order valence-electron chi connectivity index (χ3n) is 3.43. The van der Waals surface area contributed by atoms with Gasteiger partial charge in [0.05, 0.1) is 13.2 Å². The van der Waals surface area contributed by atoms with Gasteiger partial charge in [-0.2, -0.15) is 0 Å². The van der Waals surface area contributed by atoms with Crippen molar-refractivity contribution in [2.75, 3.05) is 65.6 Å². The van der Waals surface area contributed by atoms with Gasteiger partial charge in [0.2, 0.25) is 0 Å². The molecule has 1 aliphatic heterocycles. The minimum Gasteiger partial charge on any atom is -0.315 e. The fourth-order valence-electron chi connectivity index (χ4n) is 2.37. The lowest BCUT2D eigenvalue weighted by atomic mass is 10.3. The molecular weight excluding hydrogens is 303 g/mol. The Morgan fingerprint density at radius 2 is 1.36 bits per heavy atom. The van der Waals surface area contributed by atoms with Crippen molar-refractivity contribution >= 4 is 7.75 Å². The van der Waals surface area contributed by atoms with Crippen molar-refractivity contribution in [3.05, 3.63) is 0 Å². The van der Waals surface area contributed by atoms with Crippen LogP contribution in [0.15, 0.2) is 0 Å². The van der Waals surface area contributed by atoms with Crippen LogP contribution in [0.1, 0.15) is 26.7 Å². The zero-order valence-corrected chi connectivity index (χ0v) is 15.0. The highest BCUT2D eigenvalue weighted by molar-refractivity contribution is 7.51. The van der Waals surface area contributed by atoms with Gasteiger partial charge in [-0.1, -0.05) is 0 Å². The summed E-state index contributed by atoms with van der Waals surface area (Å²) in [6.07, 6.45) is 2.01. The van der Waals surface area contributed by atoms with Crippen LogP contribution in [0.2, 0.25) is 0 Å². The molecule has 132 valence electrons. The van der Waals surface area contributed by atoms with Crippen LogP contribution in [-0.4, -0.2) is 70.2 Å². The van der Waals surface area contributed by atoms with Gasteiger partial charge in [0.15, 0.2) is 0 Å². The lowest BCUT2D eigenvalue weighted by Gasteiger charge is -2.30. The quantitative estimate of drug-likeness (QED) is 0.648. The Morgan fingerprint density at radius 3 is 1.95 bits per heavy atom. The largest absolute Gasteiger partial charge is 0.408 e. The maximum Gasteiger partial charge on any atom is 0.408 e. The van der Waals surface area contributed by atoms with E-state index in [1.165, 1.54) is 0 Å². The van der Waals surface area contributed by atoms with E-state index in [-0.39, 0.29) is 0 Å². The first-order chi connectivity index (χ1) is 10.7. The Labute approximate surface area is 135 Å². The first kappa shape index (κ1) is 20.0. The molecule has 1 heterocycles. The van der Waals surface area contributed by atoms with E-state index in [1.807, 2.05) is 18.5 Å². The van der Waals surface area contributed by atoms with Gasteiger partial charge in [0, 0.05) is 32.7 Å². The van der Waals surface area contributed by atoms with Crippen molar-refractivity contribution in [1.82, 2.24) is 20.6 Å². The van der Waals surface area contributed by atoms with Crippen molar-refractivity contribution < 1.29 is 13.6 Å². The molecule has 0 amide bonds. The maximum absolute atomic E-state index is 12.9. The van der Waals surface area contributed by atoms with Crippen molar-refractivity contribution in [3.63, 3.8) is 0 Å². The molecule has 8 heteroatoms. The Kier molecular flexibility index (Phi) is 11.3. The van der Waals surface area contributed by atoms with Gasteiger partial charge in [-0.3, -0.25) is 9.05 Å². The average molecular weight is 336 g/mol. The summed E-state index contributed by atoms with van der Waals surface area (Å²) in [5.74, 6) is 0. The van der Waals surface area contributed by atoms with E-state index >= 15 is 0 Å². The summed E-state index contributed by atoms with van der Waals surface area (Å²) in [7, 11) is -3.17. The van der Waals surface area contributed by atoms with Gasteiger partial charge in [0.1, 0.15) is 0 Å². The molecule has 0 aromatic heterocycles. The van der Waals surface area contributed by atoms with Gasteiger partial charge in [-0.05, 0) is 46.3 Å². The number of hydrogen-bond donors (Lipinski definition) is 3. The molecule has 0 aliphatic carbocycles. The maximum atomic E-state index is 12.9. The molecular formula is C14H33N4O3P. The molecule has 0 atom stereocenters. The van der Waals surface area contributed by atoms with Crippen LogP contribution in [0, 0.1) is 0 Å². The second kappa shape index (κ2) is 12.4. The van der Waals surface area contributed by atoms with E-state index in [0.29, 0.717) is 26.3 Å². The van der Waals surface area contributed by atoms with Crippen LogP contribution >= 0.6 is 7.75 Å². The molecule has 1 fully saturated rings. The molecule has 0 unspecified atom stereocenters. The highest BCUT2D eigenvalue weighted by atomic mass is 31.2. The van der Waals surface area contributed by atoms with Gasteiger partial charge >= 0.3 is 7.75 Å². The summed E-state index contributed by atoms with van der Waals surface area (Å²) < 4.78 is 25.8. The molecule has 0 spiro atoms. The smallest absolute Gasteiger partial charge is 0.315 e. The molecule has 0 saturated carbocycles. The van der Waals surface area contributed by atoms with E-state index in [4.69, 9.17) is 9.05 Å². The van der Waals surface area contributed by atoms with Crippen LogP contribution in [0.3, 0.4) is 0 Å². The normalized spacial score (nSPS) is 21.4. The van der Waals surface area contributed by atoms with Crippen LogP contribution in [0.5, 0.6) is 0 Å². The third kappa shape index (κ3) is 8.02. The van der Waals surface area contributed by atoms with Crippen molar-refractivity contribution in [2.45, 2.75) is 26.7 Å². The average Bonchev–Trinajstić information content (AvgIpc) is 2.50. The molecule has 0 bridgehead atoms. The molecule has 0 aromatic rings. The Bertz CT molecular complexity index is 296. The van der Waals surface area contributed by atoms with Gasteiger partial charge in [0.25, 0.3) is 0 Å². The summed E-state index contributed by atoms with van der Waals surface area (Å²) in [6, 6.07) is 0. The van der Waals surface area contributed by atoms with Crippen LogP contribution in [0.25, 0.3) is 0 Å². The number of rotatable bonds is 5. The summed E-state index contributed by atoms with van der Waals surface area (Å²) >= 11 is 0. The number of nitrogens with zero attached hydrogens (tertiary/aromatic N) is 1. The van der Waals surface area contributed by atoms with Gasteiger partial charge in [-0.25, -0.2) is 9.24 Å². The molecule has 1 rings (SSSR count). The third-order valence-corrected chi connectivity index (χ3v) is 5.69. The fourth-order valence-corrected chi connectivity index (χ4v) is 4.15. The van der Waals surface area contributed by atoms with Crippen LogP contribution < -0.4 is 16.0 Å². The Balaban J connectivity index is 2.58. The molecule has 7 nitrogen and oxygen atoms in total. The lowest BCUT2D eigenvalue weighted by Crippen LogP contribution is -2.36. The molecule has 3 N–H and O–H groups in total. The van der Waals surface area contributed by atoms with E-state index in [2.05, 4.69) is 16.0 Å². The van der Waals surface area contributed by atoms with Crippen molar-refractivity contribution in [3.8, 4) is 0 Å². The Morgan fingerprint density at radius 1 is 0.818 bits per heavy atom. The molecule has 1 aliphatic rings. The van der Waals surface area contributed by atoms with Gasteiger partial charge < -0.3 is 16.0 Å². The molecule has 0 aromatic carbocycles. The highest BCUT2D eigenvalue weighted by Gasteiger charge is 2.32. The first-order valence-corrected chi connectivity index (χ1v) is 9.99. The molecule has 1 saturated heterocycles. The second-order valence-corrected chi connectivity index (χ2v) is 7.23. The second-order valence-electron chi connectivity index (χ2n) is 5.21. The number of hydrogen-bond acceptors (Lipinski definition) is 6. The van der Waals surface area contributed by atoms with Gasteiger partial charge in [-0.15, -0.1) is 0 Å². The van der Waals surface area contributed by atoms with Crippen molar-refractivity contribution in [1.29, 1.82) is 0 Å². The standard InChI is InChI=1S/C14H33N4O3P/c1-3-20-22(19,21-4-2)18-13-6-9-16-11-10-15-7-5-8-17-12-14-18/h15-17H,3-14H2,1-2H3. The molecule has 22 heavy (non-hydrogen) atoms. The zero-order chi connectivity index (χ0) is 16.1. The lowest BCUT2D eigenvalue weighted by molar-refractivity contribution is 0.166. The summed E-state index contributed by atoms with van der Waals surface area (Å²) in [5.41, 5.74) is 0. The van der Waals surface area contributed by atoms with E-state index < -0.39 is 7.75 Å². The summed E-state index contributed by atoms with van der Waals surface area (Å²) in [4.78, 5) is 0. The van der Waals surface area contributed by atoms with E-state index in [1.54, 1.807) is 0 Å². The SMILES string of the molecule is CCOP(=O)(OCC)N1CCCNCCNCCCNCC1. The monoisotopic (exact) mass is 336 g/mol. The van der Waals surface area contributed by atoms with E-state index in [9.17, 15) is 4.57 Å². The van der Waals surface area contributed by atoms with Crippen LogP contribution in [-0.2, 0) is 13.6 Å². The number of nitrogens with one attached hydrogen (secondary N) is 3. The summed E-state index contributed by atoms with van der Waals surface area (Å²) in [5, 5.41) is 10.2. The minimum absolute atomic E-state index is 0.394. The first-order valence-electron chi connectivity index (χ1n) is 8.49. The van der Waals surface area contributed by atoms with Crippen molar-refractivity contribution in [2.24, 2.45) is 0 Å². The Hall–Kier alpha value is -0.0100. The highest BCUT2D eigenvalue weighted by Crippen LogP contribution is 2.51. The van der Waals surface area contributed by atoms with E-state index in [0.717, 1.165) is 52.1 Å². The predicted molar refractivity (Wildman–Crippen MR) is 90.3 cm³/mol. The van der Waals surface area contributed by atoms with Crippen LogP contribution in [0.4, 0.5) is 0 Å². The molecule has 0 radical (unpaired) electrons.